The summed E-state index contributed by atoms with van der Waals surface area (Å²) in [5, 5.41) is 2.50. The number of benzene rings is 2. The normalized spacial score (nSPS) is 15.5. The van der Waals surface area contributed by atoms with Crippen LogP contribution >= 0.6 is 11.6 Å². The largest absolute Gasteiger partial charge is 0.379 e. The maximum atomic E-state index is 14.0. The molecule has 6 nitrogen and oxygen atoms in total. The van der Waals surface area contributed by atoms with E-state index in [0.29, 0.717) is 18.8 Å². The highest BCUT2D eigenvalue weighted by Gasteiger charge is 2.27. The molecule has 1 heterocycles. The van der Waals surface area contributed by atoms with E-state index >= 15 is 0 Å². The second-order valence-electron chi connectivity index (χ2n) is 6.10. The Balaban J connectivity index is 1.89. The van der Waals surface area contributed by atoms with E-state index in [-0.39, 0.29) is 34.3 Å². The predicted octanol–water partition coefficient (Wildman–Crippen LogP) is 3.06. The molecule has 2 aromatic carbocycles. The van der Waals surface area contributed by atoms with E-state index in [0.717, 1.165) is 0 Å². The van der Waals surface area contributed by atoms with Gasteiger partial charge in [0.15, 0.2) is 0 Å². The average molecular weight is 413 g/mol. The van der Waals surface area contributed by atoms with Crippen molar-refractivity contribution in [1.82, 2.24) is 4.31 Å². The maximum Gasteiger partial charge on any atom is 0.257 e. The molecule has 0 bridgehead atoms. The van der Waals surface area contributed by atoms with E-state index in [9.17, 15) is 17.6 Å². The molecular formula is C18H18ClFN2O4S. The zero-order chi connectivity index (χ0) is 19.6. The molecule has 1 aliphatic heterocycles. The zero-order valence-corrected chi connectivity index (χ0v) is 16.1. The van der Waals surface area contributed by atoms with Crippen molar-refractivity contribution >= 4 is 33.2 Å². The van der Waals surface area contributed by atoms with Gasteiger partial charge in [0.2, 0.25) is 10.0 Å². The van der Waals surface area contributed by atoms with Crippen LogP contribution in [0.4, 0.5) is 10.1 Å². The van der Waals surface area contributed by atoms with E-state index in [1.807, 2.05) is 0 Å². The average Bonchev–Trinajstić information content (AvgIpc) is 2.65. The molecule has 0 unspecified atom stereocenters. The van der Waals surface area contributed by atoms with Crippen molar-refractivity contribution in [3.63, 3.8) is 0 Å². The number of anilines is 1. The summed E-state index contributed by atoms with van der Waals surface area (Å²) in [4.78, 5) is 12.5. The first kappa shape index (κ1) is 19.8. The van der Waals surface area contributed by atoms with Crippen LogP contribution in [-0.2, 0) is 14.8 Å². The van der Waals surface area contributed by atoms with E-state index < -0.39 is 21.7 Å². The smallest absolute Gasteiger partial charge is 0.257 e. The number of hydrogen-bond acceptors (Lipinski definition) is 4. The summed E-state index contributed by atoms with van der Waals surface area (Å²) in [5.41, 5.74) is 0.649. The maximum absolute atomic E-state index is 14.0. The molecule has 1 N–H and O–H groups in total. The lowest BCUT2D eigenvalue weighted by Crippen LogP contribution is -2.40. The van der Waals surface area contributed by atoms with Gasteiger partial charge in [0.25, 0.3) is 5.91 Å². The molecule has 0 aliphatic carbocycles. The SMILES string of the molecule is Cc1ccc(NC(=O)c2cc(S(=O)(=O)N3CCOCC3)ccc2Cl)c(F)c1. The lowest BCUT2D eigenvalue weighted by Gasteiger charge is -2.26. The van der Waals surface area contributed by atoms with Crippen molar-refractivity contribution in [1.29, 1.82) is 0 Å². The quantitative estimate of drug-likeness (QED) is 0.837. The fraction of sp³-hybridized carbons (Fsp3) is 0.278. The molecule has 0 spiro atoms. The van der Waals surface area contributed by atoms with Gasteiger partial charge in [-0.2, -0.15) is 4.31 Å². The minimum atomic E-state index is -3.78. The molecule has 1 fully saturated rings. The van der Waals surface area contributed by atoms with E-state index in [1.165, 1.54) is 34.6 Å². The number of aryl methyl sites for hydroxylation is 1. The van der Waals surface area contributed by atoms with Crippen LogP contribution in [0.25, 0.3) is 0 Å². The van der Waals surface area contributed by atoms with Crippen molar-refractivity contribution in [3.05, 3.63) is 58.4 Å². The number of sulfonamides is 1. The molecule has 0 aromatic heterocycles. The molecule has 3 rings (SSSR count). The molecule has 1 aliphatic rings. The fourth-order valence-electron chi connectivity index (χ4n) is 2.69. The topological polar surface area (TPSA) is 75.7 Å². The van der Waals surface area contributed by atoms with Gasteiger partial charge in [0.1, 0.15) is 5.82 Å². The Morgan fingerprint density at radius 1 is 1.19 bits per heavy atom. The Bertz CT molecular complexity index is 975. The van der Waals surface area contributed by atoms with Crippen LogP contribution in [-0.4, -0.2) is 44.9 Å². The third-order valence-electron chi connectivity index (χ3n) is 4.16. The summed E-state index contributed by atoms with van der Waals surface area (Å²) in [6.45, 7) is 2.83. The van der Waals surface area contributed by atoms with Crippen molar-refractivity contribution in [2.24, 2.45) is 0 Å². The lowest BCUT2D eigenvalue weighted by atomic mass is 10.2. The van der Waals surface area contributed by atoms with Crippen LogP contribution < -0.4 is 5.32 Å². The summed E-state index contributed by atoms with van der Waals surface area (Å²) in [5.74, 6) is -1.28. The molecule has 27 heavy (non-hydrogen) atoms. The van der Waals surface area contributed by atoms with Crippen molar-refractivity contribution in [3.8, 4) is 0 Å². The van der Waals surface area contributed by atoms with Gasteiger partial charge in [-0.05, 0) is 42.8 Å². The number of hydrogen-bond donors (Lipinski definition) is 1. The minimum absolute atomic E-state index is 0.0110. The Morgan fingerprint density at radius 3 is 2.56 bits per heavy atom. The summed E-state index contributed by atoms with van der Waals surface area (Å²) < 4.78 is 46.0. The number of morpholine rings is 1. The number of halogens is 2. The van der Waals surface area contributed by atoms with E-state index in [2.05, 4.69) is 5.32 Å². The lowest BCUT2D eigenvalue weighted by molar-refractivity contribution is 0.0730. The van der Waals surface area contributed by atoms with Crippen LogP contribution in [0.2, 0.25) is 5.02 Å². The monoisotopic (exact) mass is 412 g/mol. The number of nitrogens with one attached hydrogen (secondary N) is 1. The van der Waals surface area contributed by atoms with Gasteiger partial charge in [0.05, 0.1) is 34.4 Å². The Kier molecular flexibility index (Phi) is 5.81. The molecule has 1 amide bonds. The first-order chi connectivity index (χ1) is 12.8. The van der Waals surface area contributed by atoms with Crippen LogP contribution in [0.5, 0.6) is 0 Å². The summed E-state index contributed by atoms with van der Waals surface area (Å²) >= 11 is 6.08. The standard InChI is InChI=1S/C18H18ClFN2O4S/c1-12-2-5-17(16(20)10-12)21-18(23)14-11-13(3-4-15(14)19)27(24,25)22-6-8-26-9-7-22/h2-5,10-11H,6-9H2,1H3,(H,21,23). The molecule has 0 atom stereocenters. The third kappa shape index (κ3) is 4.30. The van der Waals surface area contributed by atoms with Crippen LogP contribution in [0, 0.1) is 12.7 Å². The Hall–Kier alpha value is -2.00. The zero-order valence-electron chi connectivity index (χ0n) is 14.5. The number of carbonyl (C=O) groups is 1. The van der Waals surface area contributed by atoms with Gasteiger partial charge in [-0.3, -0.25) is 4.79 Å². The van der Waals surface area contributed by atoms with Gasteiger partial charge < -0.3 is 10.1 Å². The highest BCUT2D eigenvalue weighted by Crippen LogP contribution is 2.25. The van der Waals surface area contributed by atoms with Crippen LogP contribution in [0.15, 0.2) is 41.3 Å². The van der Waals surface area contributed by atoms with E-state index in [1.54, 1.807) is 13.0 Å². The second kappa shape index (κ2) is 7.93. The molecule has 0 radical (unpaired) electrons. The molecule has 9 heteroatoms. The third-order valence-corrected chi connectivity index (χ3v) is 6.39. The molecule has 2 aromatic rings. The Labute approximate surface area is 161 Å². The summed E-state index contributed by atoms with van der Waals surface area (Å²) in [7, 11) is -3.78. The first-order valence-electron chi connectivity index (χ1n) is 8.24. The Morgan fingerprint density at radius 2 is 1.89 bits per heavy atom. The number of nitrogens with zero attached hydrogens (tertiary/aromatic N) is 1. The van der Waals surface area contributed by atoms with Gasteiger partial charge in [-0.25, -0.2) is 12.8 Å². The van der Waals surface area contributed by atoms with Gasteiger partial charge >= 0.3 is 0 Å². The van der Waals surface area contributed by atoms with Gasteiger partial charge in [-0.1, -0.05) is 17.7 Å². The number of amides is 1. The van der Waals surface area contributed by atoms with Crippen molar-refractivity contribution < 1.29 is 22.3 Å². The molecular weight excluding hydrogens is 395 g/mol. The highest BCUT2D eigenvalue weighted by molar-refractivity contribution is 7.89. The number of rotatable bonds is 4. The van der Waals surface area contributed by atoms with Crippen molar-refractivity contribution in [2.45, 2.75) is 11.8 Å². The van der Waals surface area contributed by atoms with Gasteiger partial charge in [-0.15, -0.1) is 0 Å². The second-order valence-corrected chi connectivity index (χ2v) is 8.44. The molecule has 144 valence electrons. The number of ether oxygens (including phenoxy) is 1. The predicted molar refractivity (Wildman–Crippen MR) is 100 cm³/mol. The highest BCUT2D eigenvalue weighted by atomic mass is 35.5. The summed E-state index contributed by atoms with van der Waals surface area (Å²) in [6, 6.07) is 8.27. The number of carbonyl (C=O) groups excluding carboxylic acids is 1. The van der Waals surface area contributed by atoms with Gasteiger partial charge in [0, 0.05) is 13.1 Å². The molecule has 0 saturated carbocycles. The van der Waals surface area contributed by atoms with E-state index in [4.69, 9.17) is 16.3 Å². The summed E-state index contributed by atoms with van der Waals surface area (Å²) in [6.07, 6.45) is 0. The first-order valence-corrected chi connectivity index (χ1v) is 10.1. The molecule has 1 saturated heterocycles. The van der Waals surface area contributed by atoms with Crippen LogP contribution in [0.3, 0.4) is 0 Å². The fourth-order valence-corrected chi connectivity index (χ4v) is 4.32. The van der Waals surface area contributed by atoms with Crippen LogP contribution in [0.1, 0.15) is 15.9 Å². The minimum Gasteiger partial charge on any atom is -0.379 e. The van der Waals surface area contributed by atoms with Crippen molar-refractivity contribution in [2.75, 3.05) is 31.6 Å².